The second-order valence-electron chi connectivity index (χ2n) is 5.88. The number of hydrogen-bond acceptors (Lipinski definition) is 4. The summed E-state index contributed by atoms with van der Waals surface area (Å²) in [4.78, 5) is 24.1. The van der Waals surface area contributed by atoms with Crippen molar-refractivity contribution in [1.82, 2.24) is 5.32 Å². The van der Waals surface area contributed by atoms with E-state index in [2.05, 4.69) is 11.4 Å². The number of benzene rings is 2. The van der Waals surface area contributed by atoms with E-state index in [1.807, 2.05) is 13.0 Å². The monoisotopic (exact) mass is 350 g/mol. The van der Waals surface area contributed by atoms with Gasteiger partial charge in [0.1, 0.15) is 5.75 Å². The number of amides is 1. The number of rotatable bonds is 9. The van der Waals surface area contributed by atoms with Gasteiger partial charge in [0.05, 0.1) is 18.2 Å². The number of Topliss-reactive ketones (excluding diaryl/α,β-unsaturated/α-hetero) is 1. The zero-order chi connectivity index (χ0) is 18.8. The molecule has 2 aromatic rings. The standard InChI is InChI=1S/C21H22N2O3/c1-2-12-26-19-8-6-18(7-9-19)20(24)10-11-21(25)23-15-17-5-3-4-16(13-17)14-22/h3-9,13H,2,10-12,15H2,1H3,(H,23,25). The van der Waals surface area contributed by atoms with Gasteiger partial charge in [-0.25, -0.2) is 0 Å². The Hall–Kier alpha value is -3.13. The highest BCUT2D eigenvalue weighted by Crippen LogP contribution is 2.14. The van der Waals surface area contributed by atoms with Crippen LogP contribution in [0.3, 0.4) is 0 Å². The molecular weight excluding hydrogens is 328 g/mol. The van der Waals surface area contributed by atoms with Crippen molar-refractivity contribution < 1.29 is 14.3 Å². The third kappa shape index (κ3) is 6.06. The Morgan fingerprint density at radius 1 is 1.12 bits per heavy atom. The molecule has 2 rings (SSSR count). The Morgan fingerprint density at radius 2 is 1.88 bits per heavy atom. The number of nitriles is 1. The van der Waals surface area contributed by atoms with Gasteiger partial charge in [-0.3, -0.25) is 9.59 Å². The molecular formula is C21H22N2O3. The number of hydrogen-bond donors (Lipinski definition) is 1. The first kappa shape index (κ1) is 19.2. The summed E-state index contributed by atoms with van der Waals surface area (Å²) in [6.45, 7) is 3.01. The van der Waals surface area contributed by atoms with Crippen LogP contribution in [-0.4, -0.2) is 18.3 Å². The van der Waals surface area contributed by atoms with Crippen molar-refractivity contribution in [3.63, 3.8) is 0 Å². The number of carbonyl (C=O) groups is 2. The average molecular weight is 350 g/mol. The van der Waals surface area contributed by atoms with Crippen LogP contribution in [-0.2, 0) is 11.3 Å². The summed E-state index contributed by atoms with van der Waals surface area (Å²) in [6.07, 6.45) is 1.21. The van der Waals surface area contributed by atoms with E-state index in [4.69, 9.17) is 10.00 Å². The molecule has 0 aliphatic rings. The number of ether oxygens (including phenoxy) is 1. The summed E-state index contributed by atoms with van der Waals surface area (Å²) >= 11 is 0. The molecule has 0 radical (unpaired) electrons. The lowest BCUT2D eigenvalue weighted by Crippen LogP contribution is -2.23. The molecule has 0 fully saturated rings. The molecule has 1 amide bonds. The molecule has 5 nitrogen and oxygen atoms in total. The second-order valence-corrected chi connectivity index (χ2v) is 5.88. The Bertz CT molecular complexity index is 792. The van der Waals surface area contributed by atoms with Gasteiger partial charge in [-0.1, -0.05) is 19.1 Å². The molecule has 0 bridgehead atoms. The number of ketones is 1. The highest BCUT2D eigenvalue weighted by atomic mass is 16.5. The molecule has 0 saturated heterocycles. The summed E-state index contributed by atoms with van der Waals surface area (Å²) in [5, 5.41) is 11.6. The molecule has 0 unspecified atom stereocenters. The van der Waals surface area contributed by atoms with E-state index in [0.29, 0.717) is 24.3 Å². The van der Waals surface area contributed by atoms with E-state index in [9.17, 15) is 9.59 Å². The van der Waals surface area contributed by atoms with Gasteiger partial charge >= 0.3 is 0 Å². The fraction of sp³-hybridized carbons (Fsp3) is 0.286. The molecule has 26 heavy (non-hydrogen) atoms. The van der Waals surface area contributed by atoms with Crippen molar-refractivity contribution in [2.24, 2.45) is 0 Å². The first-order valence-corrected chi connectivity index (χ1v) is 8.64. The van der Waals surface area contributed by atoms with Gasteiger partial charge in [-0.15, -0.1) is 0 Å². The van der Waals surface area contributed by atoms with Crippen LogP contribution >= 0.6 is 0 Å². The second kappa shape index (κ2) is 10.00. The van der Waals surface area contributed by atoms with Crippen LogP contribution < -0.4 is 10.1 Å². The maximum absolute atomic E-state index is 12.2. The zero-order valence-corrected chi connectivity index (χ0v) is 14.8. The maximum Gasteiger partial charge on any atom is 0.220 e. The van der Waals surface area contributed by atoms with Crippen molar-refractivity contribution in [3.05, 3.63) is 65.2 Å². The fourth-order valence-electron chi connectivity index (χ4n) is 2.37. The van der Waals surface area contributed by atoms with Gasteiger partial charge in [0.15, 0.2) is 5.78 Å². The van der Waals surface area contributed by atoms with Crippen LogP contribution in [0.15, 0.2) is 48.5 Å². The highest BCUT2D eigenvalue weighted by Gasteiger charge is 2.09. The van der Waals surface area contributed by atoms with Crippen LogP contribution in [0.25, 0.3) is 0 Å². The van der Waals surface area contributed by atoms with Gasteiger partial charge in [0.25, 0.3) is 0 Å². The summed E-state index contributed by atoms with van der Waals surface area (Å²) < 4.78 is 5.48. The van der Waals surface area contributed by atoms with Crippen LogP contribution in [0.5, 0.6) is 5.75 Å². The Balaban J connectivity index is 1.77. The largest absolute Gasteiger partial charge is 0.494 e. The van der Waals surface area contributed by atoms with E-state index in [1.54, 1.807) is 42.5 Å². The molecule has 0 atom stereocenters. The Kier molecular flexibility index (Phi) is 7.38. The molecule has 0 aromatic heterocycles. The molecule has 0 aliphatic carbocycles. The van der Waals surface area contributed by atoms with Crippen molar-refractivity contribution in [2.75, 3.05) is 6.61 Å². The number of nitrogens with zero attached hydrogens (tertiary/aromatic N) is 1. The minimum absolute atomic E-state index is 0.0753. The zero-order valence-electron chi connectivity index (χ0n) is 14.8. The highest BCUT2D eigenvalue weighted by molar-refractivity contribution is 5.98. The van der Waals surface area contributed by atoms with Crippen molar-refractivity contribution in [2.45, 2.75) is 32.7 Å². The molecule has 5 heteroatoms. The minimum atomic E-state index is -0.191. The summed E-state index contributed by atoms with van der Waals surface area (Å²) in [5.41, 5.74) is 1.98. The van der Waals surface area contributed by atoms with Crippen LogP contribution in [0.4, 0.5) is 0 Å². The molecule has 0 spiro atoms. The molecule has 1 N–H and O–H groups in total. The average Bonchev–Trinajstić information content (AvgIpc) is 2.69. The molecule has 0 aliphatic heterocycles. The van der Waals surface area contributed by atoms with Gasteiger partial charge in [0.2, 0.25) is 5.91 Å². The van der Waals surface area contributed by atoms with E-state index in [1.165, 1.54) is 0 Å². The van der Waals surface area contributed by atoms with Gasteiger partial charge in [-0.2, -0.15) is 5.26 Å². The van der Waals surface area contributed by atoms with Gasteiger partial charge in [0, 0.05) is 24.9 Å². The predicted molar refractivity (Wildman–Crippen MR) is 98.8 cm³/mol. The lowest BCUT2D eigenvalue weighted by atomic mass is 10.1. The lowest BCUT2D eigenvalue weighted by molar-refractivity contribution is -0.121. The summed E-state index contributed by atoms with van der Waals surface area (Å²) in [5.74, 6) is 0.470. The predicted octanol–water partition coefficient (Wildman–Crippen LogP) is 3.63. The fourth-order valence-corrected chi connectivity index (χ4v) is 2.37. The van der Waals surface area contributed by atoms with Gasteiger partial charge in [-0.05, 0) is 48.4 Å². The van der Waals surface area contributed by atoms with Crippen LogP contribution in [0.2, 0.25) is 0 Å². The number of nitrogens with one attached hydrogen (secondary N) is 1. The lowest BCUT2D eigenvalue weighted by Gasteiger charge is -2.07. The SMILES string of the molecule is CCCOc1ccc(C(=O)CCC(=O)NCc2cccc(C#N)c2)cc1. The number of carbonyl (C=O) groups excluding carboxylic acids is 2. The van der Waals surface area contributed by atoms with Crippen molar-refractivity contribution in [1.29, 1.82) is 5.26 Å². The Labute approximate surface area is 153 Å². The maximum atomic E-state index is 12.2. The first-order valence-electron chi connectivity index (χ1n) is 8.64. The topological polar surface area (TPSA) is 79.2 Å². The normalized spacial score (nSPS) is 10.0. The van der Waals surface area contributed by atoms with Crippen LogP contribution in [0, 0.1) is 11.3 Å². The van der Waals surface area contributed by atoms with E-state index >= 15 is 0 Å². The quantitative estimate of drug-likeness (QED) is 0.701. The first-order chi connectivity index (χ1) is 12.6. The van der Waals surface area contributed by atoms with E-state index in [0.717, 1.165) is 17.7 Å². The summed E-state index contributed by atoms with van der Waals surface area (Å²) in [6, 6.07) is 16.1. The molecule has 134 valence electrons. The Morgan fingerprint density at radius 3 is 2.58 bits per heavy atom. The molecule has 2 aromatic carbocycles. The summed E-state index contributed by atoms with van der Waals surface area (Å²) in [7, 11) is 0. The molecule has 0 saturated carbocycles. The van der Waals surface area contributed by atoms with Crippen molar-refractivity contribution in [3.8, 4) is 11.8 Å². The smallest absolute Gasteiger partial charge is 0.220 e. The third-order valence-corrected chi connectivity index (χ3v) is 3.77. The van der Waals surface area contributed by atoms with E-state index < -0.39 is 0 Å². The van der Waals surface area contributed by atoms with Gasteiger partial charge < -0.3 is 10.1 Å². The third-order valence-electron chi connectivity index (χ3n) is 3.77. The minimum Gasteiger partial charge on any atom is -0.494 e. The van der Waals surface area contributed by atoms with E-state index in [-0.39, 0.29) is 24.5 Å². The molecule has 0 heterocycles. The van der Waals surface area contributed by atoms with Crippen LogP contribution in [0.1, 0.15) is 47.7 Å². The van der Waals surface area contributed by atoms with Crippen molar-refractivity contribution >= 4 is 11.7 Å².